The van der Waals surface area contributed by atoms with Gasteiger partial charge in [-0.1, -0.05) is 48.5 Å². The van der Waals surface area contributed by atoms with E-state index in [0.29, 0.717) is 11.5 Å². The van der Waals surface area contributed by atoms with Gasteiger partial charge in [0.1, 0.15) is 0 Å². The predicted octanol–water partition coefficient (Wildman–Crippen LogP) is 5.44. The van der Waals surface area contributed by atoms with Crippen molar-refractivity contribution >= 4 is 29.0 Å². The Morgan fingerprint density at radius 3 is 2.29 bits per heavy atom. The smallest absolute Gasteiger partial charge is 0.227 e. The number of nitrogens with zero attached hydrogens (tertiary/aromatic N) is 2. The molecule has 0 saturated carbocycles. The van der Waals surface area contributed by atoms with Crippen LogP contribution in [0.2, 0.25) is 0 Å². The first-order valence-corrected chi connectivity index (χ1v) is 11.2. The maximum Gasteiger partial charge on any atom is 0.227 e. The largest absolute Gasteiger partial charge is 0.326 e. The fourth-order valence-corrected chi connectivity index (χ4v) is 4.37. The predicted molar refractivity (Wildman–Crippen MR) is 133 cm³/mol. The van der Waals surface area contributed by atoms with Gasteiger partial charge in [0.05, 0.1) is 5.69 Å². The highest BCUT2D eigenvalue weighted by Crippen LogP contribution is 2.30. The minimum atomic E-state index is -0.112. The molecular formula is C28H24N4O2. The van der Waals surface area contributed by atoms with E-state index in [1.54, 1.807) is 6.20 Å². The van der Waals surface area contributed by atoms with Gasteiger partial charge in [0.25, 0.3) is 0 Å². The molecule has 3 aromatic carbocycles. The highest BCUT2D eigenvalue weighted by molar-refractivity contribution is 5.99. The van der Waals surface area contributed by atoms with Crippen LogP contribution in [0.1, 0.15) is 28.4 Å². The Labute approximate surface area is 198 Å². The fourth-order valence-electron chi connectivity index (χ4n) is 4.37. The summed E-state index contributed by atoms with van der Waals surface area (Å²) < 4.78 is 0. The zero-order chi connectivity index (χ0) is 23.5. The van der Waals surface area contributed by atoms with E-state index in [1.165, 1.54) is 18.1 Å². The molecule has 1 heterocycles. The number of nitrogens with one attached hydrogen (secondary N) is 2. The highest BCUT2D eigenvalue weighted by atomic mass is 16.1. The third kappa shape index (κ3) is 4.71. The molecule has 6 nitrogen and oxygen atoms in total. The number of aromatic nitrogens is 2. The number of hydrogen-bond donors (Lipinski definition) is 2. The number of rotatable bonds is 6. The van der Waals surface area contributed by atoms with Crippen molar-refractivity contribution in [3.05, 3.63) is 102 Å². The number of hydrogen-bond acceptors (Lipinski definition) is 5. The molecule has 1 aliphatic rings. The topological polar surface area (TPSA) is 84.0 Å². The van der Waals surface area contributed by atoms with E-state index in [-0.39, 0.29) is 17.6 Å². The van der Waals surface area contributed by atoms with Crippen LogP contribution in [0.25, 0.3) is 11.3 Å². The molecule has 0 bridgehead atoms. The summed E-state index contributed by atoms with van der Waals surface area (Å²) in [5.41, 5.74) is 6.38. The molecule has 1 aliphatic carbocycles. The summed E-state index contributed by atoms with van der Waals surface area (Å²) in [5.74, 6) is 0.474. The average Bonchev–Trinajstić information content (AvgIpc) is 3.28. The summed E-state index contributed by atoms with van der Waals surface area (Å²) >= 11 is 0. The third-order valence-corrected chi connectivity index (χ3v) is 5.98. The van der Waals surface area contributed by atoms with Gasteiger partial charge in [-0.05, 0) is 54.3 Å². The Morgan fingerprint density at radius 1 is 0.853 bits per heavy atom. The molecule has 5 rings (SSSR count). The Balaban J connectivity index is 1.30. The van der Waals surface area contributed by atoms with Crippen LogP contribution in [0.15, 0.2) is 85.1 Å². The summed E-state index contributed by atoms with van der Waals surface area (Å²) in [6.45, 7) is 1.48. The lowest BCUT2D eigenvalue weighted by Gasteiger charge is -2.11. The summed E-state index contributed by atoms with van der Waals surface area (Å²) in [6, 6.07) is 25.1. The van der Waals surface area contributed by atoms with E-state index in [1.807, 2.05) is 66.7 Å². The highest BCUT2D eigenvalue weighted by Gasteiger charge is 2.27. The van der Waals surface area contributed by atoms with Crippen molar-refractivity contribution in [2.24, 2.45) is 5.92 Å². The molecule has 6 heteroatoms. The first-order chi connectivity index (χ1) is 16.5. The van der Waals surface area contributed by atoms with Gasteiger partial charge in [0, 0.05) is 41.5 Å². The van der Waals surface area contributed by atoms with Gasteiger partial charge in [-0.25, -0.2) is 9.97 Å². The van der Waals surface area contributed by atoms with Gasteiger partial charge in [-0.2, -0.15) is 0 Å². The number of carbonyl (C=O) groups excluding carboxylic acids is 2. The number of anilines is 3. The van der Waals surface area contributed by atoms with Crippen molar-refractivity contribution in [1.82, 2.24) is 9.97 Å². The number of benzene rings is 3. The molecule has 0 radical (unpaired) electrons. The minimum Gasteiger partial charge on any atom is -0.326 e. The molecule has 4 aromatic rings. The molecule has 168 valence electrons. The van der Waals surface area contributed by atoms with Gasteiger partial charge in [-0.3, -0.25) is 9.59 Å². The molecule has 0 unspecified atom stereocenters. The van der Waals surface area contributed by atoms with E-state index < -0.39 is 0 Å². The van der Waals surface area contributed by atoms with Crippen molar-refractivity contribution in [3.63, 3.8) is 0 Å². The Morgan fingerprint density at radius 2 is 1.59 bits per heavy atom. The Hall–Kier alpha value is -4.32. The first-order valence-electron chi connectivity index (χ1n) is 11.2. The maximum atomic E-state index is 13.2. The second kappa shape index (κ2) is 9.27. The lowest BCUT2D eigenvalue weighted by Crippen LogP contribution is -2.15. The first kappa shape index (κ1) is 21.5. The fraction of sp³-hybridized carbons (Fsp3) is 0.143. The van der Waals surface area contributed by atoms with Crippen molar-refractivity contribution in [2.75, 3.05) is 10.6 Å². The molecular weight excluding hydrogens is 424 g/mol. The van der Waals surface area contributed by atoms with Crippen LogP contribution in [0.3, 0.4) is 0 Å². The molecule has 1 aromatic heterocycles. The molecule has 2 N–H and O–H groups in total. The summed E-state index contributed by atoms with van der Waals surface area (Å²) in [5, 5.41) is 5.98. The lowest BCUT2D eigenvalue weighted by molar-refractivity contribution is -0.114. The van der Waals surface area contributed by atoms with Crippen LogP contribution < -0.4 is 10.6 Å². The minimum absolute atomic E-state index is 0.0207. The van der Waals surface area contributed by atoms with Crippen LogP contribution in [0, 0.1) is 5.92 Å². The van der Waals surface area contributed by atoms with Gasteiger partial charge in [0.15, 0.2) is 5.78 Å². The van der Waals surface area contributed by atoms with Crippen LogP contribution in [0.4, 0.5) is 17.3 Å². The van der Waals surface area contributed by atoms with Crippen LogP contribution in [-0.2, 0) is 17.6 Å². The summed E-state index contributed by atoms with van der Waals surface area (Å²) in [6.07, 6.45) is 3.27. The average molecular weight is 449 g/mol. The van der Waals surface area contributed by atoms with Gasteiger partial charge in [-0.15, -0.1) is 0 Å². The van der Waals surface area contributed by atoms with Crippen molar-refractivity contribution in [3.8, 4) is 11.3 Å². The van der Waals surface area contributed by atoms with Crippen LogP contribution in [0.5, 0.6) is 0 Å². The molecule has 0 spiro atoms. The van der Waals surface area contributed by atoms with E-state index in [9.17, 15) is 9.59 Å². The molecule has 0 aliphatic heterocycles. The number of amides is 1. The van der Waals surface area contributed by atoms with Crippen LogP contribution >= 0.6 is 0 Å². The zero-order valence-corrected chi connectivity index (χ0v) is 18.8. The van der Waals surface area contributed by atoms with Gasteiger partial charge < -0.3 is 10.6 Å². The normalized spacial score (nSPS) is 12.7. The van der Waals surface area contributed by atoms with Crippen LogP contribution in [-0.4, -0.2) is 21.7 Å². The van der Waals surface area contributed by atoms with E-state index >= 15 is 0 Å². The maximum absolute atomic E-state index is 13.2. The number of fused-ring (bicyclic) bond motifs is 1. The standard InChI is InChI=1S/C28H24N4O2/c1-18(33)30-24-11-9-19(10-12-24)26-13-14-29-28(32-26)31-25-8-4-7-22(17-25)27(34)23-15-20-5-2-3-6-21(20)16-23/h2-14,17,23H,15-16H2,1H3,(H,30,33)(H,29,31,32). The Kier molecular flexibility index (Phi) is 5.87. The monoisotopic (exact) mass is 448 g/mol. The molecule has 34 heavy (non-hydrogen) atoms. The number of carbonyl (C=O) groups is 2. The second-order valence-electron chi connectivity index (χ2n) is 8.47. The van der Waals surface area contributed by atoms with Gasteiger partial charge >= 0.3 is 0 Å². The van der Waals surface area contributed by atoms with Crippen molar-refractivity contribution < 1.29 is 9.59 Å². The van der Waals surface area contributed by atoms with Crippen molar-refractivity contribution in [2.45, 2.75) is 19.8 Å². The van der Waals surface area contributed by atoms with E-state index in [4.69, 9.17) is 0 Å². The molecule has 1 amide bonds. The molecule has 0 saturated heterocycles. The van der Waals surface area contributed by atoms with Crippen molar-refractivity contribution in [1.29, 1.82) is 0 Å². The molecule has 0 fully saturated rings. The quantitative estimate of drug-likeness (QED) is 0.384. The third-order valence-electron chi connectivity index (χ3n) is 5.98. The number of Topliss-reactive ketones (excluding diaryl/α,β-unsaturated/α-hetero) is 1. The second-order valence-corrected chi connectivity index (χ2v) is 8.47. The lowest BCUT2D eigenvalue weighted by atomic mass is 9.95. The van der Waals surface area contributed by atoms with Gasteiger partial charge in [0.2, 0.25) is 11.9 Å². The zero-order valence-electron chi connectivity index (χ0n) is 18.8. The Bertz CT molecular complexity index is 1340. The van der Waals surface area contributed by atoms with E-state index in [0.717, 1.165) is 35.5 Å². The summed E-state index contributed by atoms with van der Waals surface area (Å²) in [7, 11) is 0. The molecule has 0 atom stereocenters. The SMILES string of the molecule is CC(=O)Nc1ccc(-c2ccnc(Nc3cccc(C(=O)C4Cc5ccccc5C4)c3)n2)cc1. The number of ketones is 1. The summed E-state index contributed by atoms with van der Waals surface area (Å²) in [4.78, 5) is 33.3. The van der Waals surface area contributed by atoms with E-state index in [2.05, 4.69) is 32.7 Å².